The van der Waals surface area contributed by atoms with Crippen LogP contribution in [0, 0.1) is 18.3 Å². The van der Waals surface area contributed by atoms with Crippen LogP contribution in [0.4, 0.5) is 0 Å². The number of nitrogens with one attached hydrogen (secondary N) is 1. The zero-order valence-electron chi connectivity index (χ0n) is 8.03. The summed E-state index contributed by atoms with van der Waals surface area (Å²) in [6.07, 6.45) is 0. The highest BCUT2D eigenvalue weighted by molar-refractivity contribution is 5.88. The van der Waals surface area contributed by atoms with Gasteiger partial charge in [-0.3, -0.25) is 4.79 Å². The smallest absolute Gasteiger partial charge is 0.266 e. The van der Waals surface area contributed by atoms with E-state index in [0.29, 0.717) is 10.9 Å². The van der Waals surface area contributed by atoms with Crippen molar-refractivity contribution in [3.05, 3.63) is 39.7 Å². The Bertz CT molecular complexity index is 635. The lowest BCUT2D eigenvalue weighted by atomic mass is 10.1. The van der Waals surface area contributed by atoms with Gasteiger partial charge in [0.2, 0.25) is 0 Å². The molecule has 1 aromatic carbocycles. The maximum Gasteiger partial charge on any atom is 0.266 e. The van der Waals surface area contributed by atoms with Crippen LogP contribution < -0.4 is 5.56 Å². The highest BCUT2D eigenvalue weighted by Crippen LogP contribution is 2.24. The van der Waals surface area contributed by atoms with E-state index >= 15 is 0 Å². The number of aromatic amines is 1. The molecule has 2 aromatic rings. The third-order valence-corrected chi connectivity index (χ3v) is 2.32. The molecule has 4 nitrogen and oxygen atoms in total. The van der Waals surface area contributed by atoms with Gasteiger partial charge in [0.05, 0.1) is 5.52 Å². The normalized spacial score (nSPS) is 10.1. The second-order valence-electron chi connectivity index (χ2n) is 3.31. The summed E-state index contributed by atoms with van der Waals surface area (Å²) >= 11 is 0. The predicted octanol–water partition coefficient (Wildman–Crippen LogP) is 1.41. The largest absolute Gasteiger partial charge is 0.507 e. The third-order valence-electron chi connectivity index (χ3n) is 2.32. The van der Waals surface area contributed by atoms with Crippen LogP contribution in [-0.4, -0.2) is 10.1 Å². The highest BCUT2D eigenvalue weighted by Gasteiger charge is 2.07. The predicted molar refractivity (Wildman–Crippen MR) is 55.7 cm³/mol. The van der Waals surface area contributed by atoms with Crippen LogP contribution in [0.5, 0.6) is 5.75 Å². The number of H-pyrrole nitrogens is 1. The van der Waals surface area contributed by atoms with Crippen LogP contribution in [0.25, 0.3) is 10.9 Å². The first-order valence-electron chi connectivity index (χ1n) is 4.39. The van der Waals surface area contributed by atoms with Crippen molar-refractivity contribution in [2.45, 2.75) is 6.92 Å². The number of phenolic OH excluding ortho intramolecular Hbond substituents is 1. The number of hydrogen-bond donors (Lipinski definition) is 2. The first-order valence-corrected chi connectivity index (χ1v) is 4.39. The van der Waals surface area contributed by atoms with Crippen molar-refractivity contribution >= 4 is 10.9 Å². The number of fused-ring (bicyclic) bond motifs is 1. The van der Waals surface area contributed by atoms with Crippen LogP contribution in [-0.2, 0) is 0 Å². The molecule has 0 amide bonds. The minimum Gasteiger partial charge on any atom is -0.507 e. The number of nitriles is 1. The number of aryl methyl sites for hydroxylation is 1. The fraction of sp³-hybridized carbons (Fsp3) is 0.0909. The number of benzene rings is 1. The molecule has 15 heavy (non-hydrogen) atoms. The minimum absolute atomic E-state index is 0.00315. The van der Waals surface area contributed by atoms with E-state index in [1.54, 1.807) is 12.1 Å². The number of hydrogen-bond acceptors (Lipinski definition) is 3. The SMILES string of the molecule is Cc1ccc(O)c2cc(C#N)c(=O)[nH]c12. The molecule has 0 unspecified atom stereocenters. The molecule has 2 N–H and O–H groups in total. The monoisotopic (exact) mass is 200 g/mol. The Morgan fingerprint density at radius 3 is 2.87 bits per heavy atom. The molecule has 0 radical (unpaired) electrons. The van der Waals surface area contributed by atoms with E-state index in [4.69, 9.17) is 5.26 Å². The molecule has 4 heteroatoms. The van der Waals surface area contributed by atoms with Gasteiger partial charge in [-0.05, 0) is 24.6 Å². The Balaban J connectivity index is 3.01. The maximum atomic E-state index is 11.4. The molecule has 0 bridgehead atoms. The van der Waals surface area contributed by atoms with Crippen LogP contribution >= 0.6 is 0 Å². The molecule has 0 saturated heterocycles. The van der Waals surface area contributed by atoms with Gasteiger partial charge in [0.25, 0.3) is 5.56 Å². The van der Waals surface area contributed by atoms with Gasteiger partial charge in [-0.15, -0.1) is 0 Å². The van der Waals surface area contributed by atoms with Gasteiger partial charge >= 0.3 is 0 Å². The molecule has 0 saturated carbocycles. The number of aromatic hydroxyl groups is 1. The number of phenols is 1. The summed E-state index contributed by atoms with van der Waals surface area (Å²) in [5, 5.41) is 18.8. The quantitative estimate of drug-likeness (QED) is 0.675. The van der Waals surface area contributed by atoms with Crippen LogP contribution in [0.2, 0.25) is 0 Å². The van der Waals surface area contributed by atoms with Crippen molar-refractivity contribution in [3.63, 3.8) is 0 Å². The van der Waals surface area contributed by atoms with E-state index < -0.39 is 5.56 Å². The van der Waals surface area contributed by atoms with E-state index in [0.717, 1.165) is 5.56 Å². The van der Waals surface area contributed by atoms with E-state index in [1.165, 1.54) is 12.1 Å². The average molecular weight is 200 g/mol. The number of pyridine rings is 1. The van der Waals surface area contributed by atoms with Crippen molar-refractivity contribution in [1.82, 2.24) is 4.98 Å². The fourth-order valence-electron chi connectivity index (χ4n) is 1.50. The van der Waals surface area contributed by atoms with E-state index in [9.17, 15) is 9.90 Å². The molecule has 1 heterocycles. The van der Waals surface area contributed by atoms with Gasteiger partial charge in [-0.25, -0.2) is 0 Å². The molecule has 1 aromatic heterocycles. The first-order chi connectivity index (χ1) is 7.13. The molecule has 2 rings (SSSR count). The Morgan fingerprint density at radius 2 is 2.20 bits per heavy atom. The van der Waals surface area contributed by atoms with Gasteiger partial charge in [0.15, 0.2) is 0 Å². The summed E-state index contributed by atoms with van der Waals surface area (Å²) in [6, 6.07) is 6.43. The average Bonchev–Trinajstić information content (AvgIpc) is 2.23. The fourth-order valence-corrected chi connectivity index (χ4v) is 1.50. The maximum absolute atomic E-state index is 11.4. The lowest BCUT2D eigenvalue weighted by Crippen LogP contribution is -2.09. The minimum atomic E-state index is -0.432. The Labute approximate surface area is 85.4 Å². The van der Waals surface area contributed by atoms with Gasteiger partial charge in [0.1, 0.15) is 17.4 Å². The standard InChI is InChI=1S/C11H8N2O2/c1-6-2-3-9(14)8-4-7(5-12)11(15)13-10(6)8/h2-4,14H,1H3,(H,13,15). The Hall–Kier alpha value is -2.28. The molecule has 0 spiro atoms. The molecule has 74 valence electrons. The molecular formula is C11H8N2O2. The molecule has 0 atom stereocenters. The summed E-state index contributed by atoms with van der Waals surface area (Å²) in [5.74, 6) is 0.0587. The zero-order chi connectivity index (χ0) is 11.0. The van der Waals surface area contributed by atoms with Crippen molar-refractivity contribution in [3.8, 4) is 11.8 Å². The van der Waals surface area contributed by atoms with E-state index in [2.05, 4.69) is 4.98 Å². The second kappa shape index (κ2) is 3.14. The molecular weight excluding hydrogens is 192 g/mol. The third kappa shape index (κ3) is 1.34. The Morgan fingerprint density at radius 1 is 1.47 bits per heavy atom. The van der Waals surface area contributed by atoms with Crippen LogP contribution in [0.15, 0.2) is 23.0 Å². The summed E-state index contributed by atoms with van der Waals surface area (Å²) in [5.41, 5.74) is 0.991. The van der Waals surface area contributed by atoms with Crippen LogP contribution in [0.3, 0.4) is 0 Å². The van der Waals surface area contributed by atoms with E-state index in [-0.39, 0.29) is 11.3 Å². The summed E-state index contributed by atoms with van der Waals surface area (Å²) in [7, 11) is 0. The molecule has 0 aliphatic heterocycles. The Kier molecular flexibility index (Phi) is 1.94. The number of rotatable bonds is 0. The van der Waals surface area contributed by atoms with E-state index in [1.807, 2.05) is 6.92 Å². The van der Waals surface area contributed by atoms with Gasteiger partial charge in [0, 0.05) is 5.39 Å². The van der Waals surface area contributed by atoms with Crippen LogP contribution in [0.1, 0.15) is 11.1 Å². The number of aromatic nitrogens is 1. The van der Waals surface area contributed by atoms with Crippen molar-refractivity contribution < 1.29 is 5.11 Å². The molecule has 0 fully saturated rings. The van der Waals surface area contributed by atoms with Crippen molar-refractivity contribution in [2.75, 3.05) is 0 Å². The van der Waals surface area contributed by atoms with Crippen molar-refractivity contribution in [1.29, 1.82) is 5.26 Å². The molecule has 0 aliphatic carbocycles. The lowest BCUT2D eigenvalue weighted by molar-refractivity contribution is 0.481. The van der Waals surface area contributed by atoms with Gasteiger partial charge < -0.3 is 10.1 Å². The number of nitrogens with zero attached hydrogens (tertiary/aromatic N) is 1. The topological polar surface area (TPSA) is 76.9 Å². The first kappa shape index (κ1) is 9.28. The lowest BCUT2D eigenvalue weighted by Gasteiger charge is -2.03. The second-order valence-corrected chi connectivity index (χ2v) is 3.31. The summed E-state index contributed by atoms with van der Waals surface area (Å²) in [6.45, 7) is 1.82. The summed E-state index contributed by atoms with van der Waals surface area (Å²) in [4.78, 5) is 13.9. The molecule has 0 aliphatic rings. The van der Waals surface area contributed by atoms with Crippen molar-refractivity contribution in [2.24, 2.45) is 0 Å². The summed E-state index contributed by atoms with van der Waals surface area (Å²) < 4.78 is 0. The zero-order valence-corrected chi connectivity index (χ0v) is 8.03. The van der Waals surface area contributed by atoms with Gasteiger partial charge in [-0.1, -0.05) is 6.07 Å². The van der Waals surface area contributed by atoms with Gasteiger partial charge in [-0.2, -0.15) is 5.26 Å². The highest BCUT2D eigenvalue weighted by atomic mass is 16.3.